The van der Waals surface area contributed by atoms with E-state index >= 15 is 0 Å². The summed E-state index contributed by atoms with van der Waals surface area (Å²) in [5.74, 6) is 1.93. The largest absolute Gasteiger partial charge is 0.369 e. The van der Waals surface area contributed by atoms with Crippen molar-refractivity contribution in [3.8, 4) is 0 Å². The van der Waals surface area contributed by atoms with Crippen LogP contribution in [0.3, 0.4) is 0 Å². The van der Waals surface area contributed by atoms with Crippen molar-refractivity contribution in [3.05, 3.63) is 46.9 Å². The number of epoxide rings is 2. The molecule has 5 aliphatic carbocycles. The molecule has 4 fully saturated rings. The van der Waals surface area contributed by atoms with Gasteiger partial charge in [-0.15, -0.1) is 0 Å². The Hall–Kier alpha value is -2.87. The van der Waals surface area contributed by atoms with Gasteiger partial charge in [-0.3, -0.25) is 19.2 Å². The van der Waals surface area contributed by atoms with Crippen molar-refractivity contribution in [1.29, 1.82) is 0 Å². The fourth-order valence-electron chi connectivity index (χ4n) is 4.40. The zero-order valence-electron chi connectivity index (χ0n) is 21.0. The summed E-state index contributed by atoms with van der Waals surface area (Å²) in [6.07, 6.45) is 19.1. The fraction of sp³-hybridized carbons (Fsp3) is 0.630. The standard InChI is InChI=1S/C6H9N3O.C6H8O.C5H6O2.2C5H6O/c1-4-2-5(10)3-6(4)8-9-7;1-5-2-3-6(7)4-5;6-3-1-4-5(2-3)7-4;1-2-4-5(3-1)6-4;6-5-3-1-2-4-5/h4,6H,2-3H2,1H3;2-3,5H,4H2,1H3;4-5H,1-2H2;1-2,4-5H,3H2;1-2H,3-4H2/t4-,6-;5-;;;/m10.../s1. The number of rotatable bonds is 1. The number of nitrogens with zero attached hydrogens (tertiary/aromatic N) is 3. The van der Waals surface area contributed by atoms with E-state index in [9.17, 15) is 19.2 Å². The summed E-state index contributed by atoms with van der Waals surface area (Å²) in [4.78, 5) is 44.4. The predicted molar refractivity (Wildman–Crippen MR) is 133 cm³/mol. The first-order chi connectivity index (χ1) is 17.2. The normalized spacial score (nSPS) is 35.1. The topological polar surface area (TPSA) is 142 Å². The molecule has 2 aliphatic heterocycles. The van der Waals surface area contributed by atoms with Crippen LogP contribution in [0.15, 0.2) is 41.6 Å². The highest BCUT2D eigenvalue weighted by Gasteiger charge is 2.47. The van der Waals surface area contributed by atoms with Gasteiger partial charge in [0.05, 0.1) is 18.3 Å². The second-order valence-corrected chi connectivity index (χ2v) is 10.1. The second-order valence-electron chi connectivity index (χ2n) is 10.1. The van der Waals surface area contributed by atoms with E-state index in [2.05, 4.69) is 22.2 Å². The molecule has 194 valence electrons. The van der Waals surface area contributed by atoms with Crippen LogP contribution in [-0.4, -0.2) is 53.6 Å². The Morgan fingerprint density at radius 3 is 1.72 bits per heavy atom. The molecule has 0 spiro atoms. The van der Waals surface area contributed by atoms with Crippen LogP contribution >= 0.6 is 0 Å². The lowest BCUT2D eigenvalue weighted by atomic mass is 10.1. The van der Waals surface area contributed by atoms with Gasteiger partial charge in [0, 0.05) is 55.9 Å². The van der Waals surface area contributed by atoms with E-state index in [1.165, 1.54) is 0 Å². The van der Waals surface area contributed by atoms with Crippen LogP contribution < -0.4 is 0 Å². The Morgan fingerprint density at radius 1 is 0.806 bits per heavy atom. The molecule has 36 heavy (non-hydrogen) atoms. The molecule has 4 unspecified atom stereocenters. The third kappa shape index (κ3) is 9.64. The zero-order valence-corrected chi connectivity index (χ0v) is 21.0. The third-order valence-electron chi connectivity index (χ3n) is 6.70. The maximum atomic E-state index is 10.8. The highest BCUT2D eigenvalue weighted by atomic mass is 16.6. The molecule has 7 aliphatic rings. The first-order valence-electron chi connectivity index (χ1n) is 12.7. The minimum absolute atomic E-state index is 0.0856. The molecule has 2 saturated heterocycles. The fourth-order valence-corrected chi connectivity index (χ4v) is 4.40. The van der Waals surface area contributed by atoms with Crippen LogP contribution in [-0.2, 0) is 28.7 Å². The number of hydrogen-bond acceptors (Lipinski definition) is 7. The van der Waals surface area contributed by atoms with Crippen molar-refractivity contribution >= 4 is 23.1 Å². The van der Waals surface area contributed by atoms with E-state index in [1.807, 2.05) is 32.1 Å². The third-order valence-corrected chi connectivity index (χ3v) is 6.70. The van der Waals surface area contributed by atoms with Crippen molar-refractivity contribution in [2.45, 2.75) is 95.7 Å². The lowest BCUT2D eigenvalue weighted by molar-refractivity contribution is -0.119. The van der Waals surface area contributed by atoms with Gasteiger partial charge in [0.25, 0.3) is 0 Å². The molecule has 0 aromatic rings. The van der Waals surface area contributed by atoms with E-state index < -0.39 is 0 Å². The van der Waals surface area contributed by atoms with Crippen molar-refractivity contribution in [1.82, 2.24) is 0 Å². The first-order valence-corrected chi connectivity index (χ1v) is 12.7. The van der Waals surface area contributed by atoms with Gasteiger partial charge >= 0.3 is 0 Å². The highest BCUT2D eigenvalue weighted by molar-refractivity contribution is 5.92. The average molecular weight is 498 g/mol. The second kappa shape index (κ2) is 13.4. The van der Waals surface area contributed by atoms with Crippen molar-refractivity contribution in [2.75, 3.05) is 0 Å². The van der Waals surface area contributed by atoms with E-state index in [1.54, 1.807) is 6.08 Å². The summed E-state index contributed by atoms with van der Waals surface area (Å²) in [5, 5.41) is 3.51. The number of ether oxygens (including phenoxy) is 2. The van der Waals surface area contributed by atoms with Crippen LogP contribution in [0.25, 0.3) is 10.4 Å². The average Bonchev–Trinajstić information content (AvgIpc) is 3.30. The summed E-state index contributed by atoms with van der Waals surface area (Å²) in [6, 6.07) is -0.0856. The molecular weight excluding hydrogens is 462 g/mol. The summed E-state index contributed by atoms with van der Waals surface area (Å²) in [7, 11) is 0. The van der Waals surface area contributed by atoms with Gasteiger partial charge in [-0.1, -0.05) is 49.3 Å². The maximum Gasteiger partial charge on any atom is 0.155 e. The van der Waals surface area contributed by atoms with E-state index in [-0.39, 0.29) is 23.5 Å². The van der Waals surface area contributed by atoms with Crippen LogP contribution in [0.2, 0.25) is 0 Å². The predicted octanol–water partition coefficient (Wildman–Crippen LogP) is 4.55. The summed E-state index contributed by atoms with van der Waals surface area (Å²) in [5.41, 5.74) is 8.08. The molecule has 0 aromatic carbocycles. The molecule has 0 N–H and O–H groups in total. The number of carbonyl (C=O) groups is 4. The lowest BCUT2D eigenvalue weighted by Crippen LogP contribution is -2.05. The number of Topliss-reactive ketones (excluding diaryl/α,β-unsaturated/α-hetero) is 3. The number of ketones is 4. The van der Waals surface area contributed by atoms with Gasteiger partial charge in [0.2, 0.25) is 0 Å². The first kappa shape index (κ1) is 27.7. The lowest BCUT2D eigenvalue weighted by Gasteiger charge is -2.03. The highest BCUT2D eigenvalue weighted by Crippen LogP contribution is 2.35. The van der Waals surface area contributed by atoms with Crippen molar-refractivity contribution < 1.29 is 28.7 Å². The summed E-state index contributed by atoms with van der Waals surface area (Å²) >= 11 is 0. The Bertz CT molecular complexity index is 958. The van der Waals surface area contributed by atoms with Gasteiger partial charge in [-0.2, -0.15) is 0 Å². The molecule has 7 rings (SSSR count). The van der Waals surface area contributed by atoms with Crippen LogP contribution in [0.5, 0.6) is 0 Å². The van der Waals surface area contributed by atoms with Crippen LogP contribution in [0.4, 0.5) is 0 Å². The van der Waals surface area contributed by atoms with Crippen LogP contribution in [0.1, 0.15) is 65.2 Å². The van der Waals surface area contributed by atoms with E-state index in [0.29, 0.717) is 80.4 Å². The molecule has 7 atom stereocenters. The molecule has 9 nitrogen and oxygen atoms in total. The Kier molecular flexibility index (Phi) is 10.3. The van der Waals surface area contributed by atoms with Crippen molar-refractivity contribution in [2.24, 2.45) is 17.0 Å². The summed E-state index contributed by atoms with van der Waals surface area (Å²) in [6.45, 7) is 3.98. The molecule has 0 radical (unpaired) electrons. The molecule has 9 heteroatoms. The number of hydrogen-bond donors (Lipinski definition) is 0. The SMILES string of the molecule is C1=CC2OC2C1.C[C@@H]1CC(=O)C[C@H]1N=[N+]=[N-].C[C@H]1C=CC(=O)C1.O=C1CC2OC2C1.O=C1CC=CC1. The van der Waals surface area contributed by atoms with Gasteiger partial charge in [-0.25, -0.2) is 0 Å². The molecular formula is C27H35N3O6. The Balaban J connectivity index is 0.000000127. The molecule has 2 heterocycles. The van der Waals surface area contributed by atoms with Gasteiger partial charge in [0.1, 0.15) is 23.5 Å². The quantitative estimate of drug-likeness (QED) is 0.171. The molecule has 0 bridgehead atoms. The Morgan fingerprint density at radius 2 is 1.47 bits per heavy atom. The van der Waals surface area contributed by atoms with Crippen LogP contribution in [0, 0.1) is 11.8 Å². The molecule has 2 saturated carbocycles. The number of azide groups is 1. The van der Waals surface area contributed by atoms with E-state index in [4.69, 9.17) is 15.0 Å². The number of fused-ring (bicyclic) bond motifs is 2. The van der Waals surface area contributed by atoms with Crippen molar-refractivity contribution in [3.63, 3.8) is 0 Å². The number of allylic oxidation sites excluding steroid dienone is 4. The van der Waals surface area contributed by atoms with Gasteiger partial charge in [-0.05, 0) is 29.9 Å². The van der Waals surface area contributed by atoms with E-state index in [0.717, 1.165) is 12.8 Å². The minimum Gasteiger partial charge on any atom is -0.369 e. The minimum atomic E-state index is -0.0856. The molecule has 0 amide bonds. The Labute approximate surface area is 211 Å². The smallest absolute Gasteiger partial charge is 0.155 e. The molecule has 0 aromatic heterocycles. The van der Waals surface area contributed by atoms with Gasteiger partial charge in [0.15, 0.2) is 5.78 Å². The number of carbonyl (C=O) groups excluding carboxylic acids is 4. The van der Waals surface area contributed by atoms with Gasteiger partial charge < -0.3 is 9.47 Å². The maximum absolute atomic E-state index is 10.8. The zero-order chi connectivity index (χ0) is 26.1. The summed E-state index contributed by atoms with van der Waals surface area (Å²) < 4.78 is 10.1. The monoisotopic (exact) mass is 497 g/mol.